The molecule has 3 rings (SSSR count). The molecule has 3 aromatic rings. The number of anilines is 1. The van der Waals surface area contributed by atoms with Gasteiger partial charge in [-0.1, -0.05) is 87.2 Å². The lowest BCUT2D eigenvalue weighted by molar-refractivity contribution is -0.136. The minimum atomic E-state index is -0.840. The first-order chi connectivity index (χ1) is 18.0. The Hall–Kier alpha value is -3.80. The first-order valence-electron chi connectivity index (χ1n) is 13.1. The van der Waals surface area contributed by atoms with Crippen molar-refractivity contribution in [3.05, 3.63) is 83.9 Å². The number of nitrogens with one attached hydrogen (secondary N) is 1. The predicted molar refractivity (Wildman–Crippen MR) is 149 cm³/mol. The van der Waals surface area contributed by atoms with Gasteiger partial charge in [0.15, 0.2) is 0 Å². The fraction of sp³-hybridized carbons (Fsp3) is 0.355. The van der Waals surface area contributed by atoms with Gasteiger partial charge in [0.1, 0.15) is 12.4 Å². The molecule has 0 heterocycles. The average molecular weight is 503 g/mol. The maximum atomic E-state index is 12.7. The van der Waals surface area contributed by atoms with E-state index >= 15 is 0 Å². The van der Waals surface area contributed by atoms with Crippen LogP contribution < -0.4 is 15.0 Å². The Bertz CT molecular complexity index is 1150. The third-order valence-corrected chi connectivity index (χ3v) is 6.34. The molecule has 0 aliphatic carbocycles. The number of hydrogen-bond acceptors (Lipinski definition) is 3. The van der Waals surface area contributed by atoms with Gasteiger partial charge >= 0.3 is 12.0 Å². The number of rotatable bonds is 14. The highest BCUT2D eigenvalue weighted by Crippen LogP contribution is 2.31. The van der Waals surface area contributed by atoms with Crippen LogP contribution in [-0.2, 0) is 17.8 Å². The summed E-state index contributed by atoms with van der Waals surface area (Å²) < 4.78 is 6.15. The maximum Gasteiger partial charge on any atom is 0.321 e. The Balaban J connectivity index is 1.72. The number of carbonyl (C=O) groups is 2. The normalized spacial score (nSPS) is 10.6. The molecule has 6 nitrogen and oxygen atoms in total. The Morgan fingerprint density at radius 3 is 2.41 bits per heavy atom. The van der Waals surface area contributed by atoms with Crippen LogP contribution in [-0.4, -0.2) is 30.7 Å². The summed E-state index contributed by atoms with van der Waals surface area (Å²) in [5.74, 6) is -0.171. The largest absolute Gasteiger partial charge is 0.489 e. The zero-order chi connectivity index (χ0) is 26.5. The zero-order valence-corrected chi connectivity index (χ0v) is 21.9. The Labute approximate surface area is 220 Å². The molecule has 0 radical (unpaired) electrons. The summed E-state index contributed by atoms with van der Waals surface area (Å²) in [6, 6.07) is 23.4. The second-order valence-corrected chi connectivity index (χ2v) is 9.25. The van der Waals surface area contributed by atoms with Gasteiger partial charge in [-0.25, -0.2) is 4.79 Å². The van der Waals surface area contributed by atoms with Crippen LogP contribution in [0.3, 0.4) is 0 Å². The number of amides is 2. The van der Waals surface area contributed by atoms with E-state index in [0.29, 0.717) is 25.3 Å². The van der Waals surface area contributed by atoms with E-state index in [9.17, 15) is 9.59 Å². The number of carboxylic acid groups (broad SMARTS) is 1. The van der Waals surface area contributed by atoms with Crippen LogP contribution in [0, 0.1) is 0 Å². The summed E-state index contributed by atoms with van der Waals surface area (Å²) in [7, 11) is 1.77. The summed E-state index contributed by atoms with van der Waals surface area (Å²) in [4.78, 5) is 25.5. The molecule has 196 valence electrons. The molecule has 0 bridgehead atoms. The van der Waals surface area contributed by atoms with Crippen LogP contribution in [0.25, 0.3) is 11.1 Å². The lowest BCUT2D eigenvalue weighted by Crippen LogP contribution is -2.37. The van der Waals surface area contributed by atoms with Gasteiger partial charge in [0, 0.05) is 25.7 Å². The van der Waals surface area contributed by atoms with Crippen LogP contribution in [0.4, 0.5) is 10.5 Å². The predicted octanol–water partition coefficient (Wildman–Crippen LogP) is 7.07. The van der Waals surface area contributed by atoms with Gasteiger partial charge in [-0.05, 0) is 53.3 Å². The number of aliphatic carboxylic acids is 1. The fourth-order valence-corrected chi connectivity index (χ4v) is 4.11. The molecule has 0 aliphatic heterocycles. The fourth-order valence-electron chi connectivity index (χ4n) is 4.11. The number of unbranched alkanes of at least 4 members (excludes halogenated alkanes) is 4. The van der Waals surface area contributed by atoms with Gasteiger partial charge in [-0.2, -0.15) is 0 Å². The van der Waals surface area contributed by atoms with Crippen LogP contribution in [0.2, 0.25) is 0 Å². The molecule has 0 saturated heterocycles. The summed E-state index contributed by atoms with van der Waals surface area (Å²) in [6.07, 6.45) is 6.19. The highest BCUT2D eigenvalue weighted by atomic mass is 16.5. The number of carbonyl (C=O) groups excluding carboxylic acids is 1. The van der Waals surface area contributed by atoms with E-state index in [1.54, 1.807) is 11.9 Å². The lowest BCUT2D eigenvalue weighted by Gasteiger charge is -2.19. The number of ether oxygens (including phenoxy) is 1. The van der Waals surface area contributed by atoms with Crippen LogP contribution >= 0.6 is 0 Å². The van der Waals surface area contributed by atoms with Gasteiger partial charge < -0.3 is 15.2 Å². The highest BCUT2D eigenvalue weighted by molar-refractivity contribution is 5.92. The van der Waals surface area contributed by atoms with Gasteiger partial charge in [0.25, 0.3) is 0 Å². The Morgan fingerprint density at radius 2 is 1.65 bits per heavy atom. The third-order valence-electron chi connectivity index (χ3n) is 6.34. The average Bonchev–Trinajstić information content (AvgIpc) is 2.92. The zero-order valence-electron chi connectivity index (χ0n) is 21.9. The number of hydrogen-bond donors (Lipinski definition) is 2. The molecule has 0 atom stereocenters. The summed E-state index contributed by atoms with van der Waals surface area (Å²) in [5, 5.41) is 12.2. The molecule has 2 amide bonds. The van der Waals surface area contributed by atoms with Crippen molar-refractivity contribution in [2.75, 3.05) is 18.5 Å². The van der Waals surface area contributed by atoms with Crippen molar-refractivity contribution in [2.45, 2.75) is 58.5 Å². The summed E-state index contributed by atoms with van der Waals surface area (Å²) in [6.45, 7) is 3.26. The van der Waals surface area contributed by atoms with Gasteiger partial charge in [-0.3, -0.25) is 9.69 Å². The van der Waals surface area contributed by atoms with Crippen molar-refractivity contribution >= 4 is 17.7 Å². The van der Waals surface area contributed by atoms with E-state index in [1.165, 1.54) is 19.3 Å². The Kier molecular flexibility index (Phi) is 11.0. The van der Waals surface area contributed by atoms with Gasteiger partial charge in [0.2, 0.25) is 0 Å². The molecule has 0 aromatic heterocycles. The van der Waals surface area contributed by atoms with Crippen LogP contribution in [0.1, 0.15) is 56.6 Å². The number of carboxylic acids is 1. The molecule has 0 saturated carbocycles. The van der Waals surface area contributed by atoms with Gasteiger partial charge in [-0.15, -0.1) is 0 Å². The van der Waals surface area contributed by atoms with Crippen molar-refractivity contribution < 1.29 is 19.4 Å². The highest BCUT2D eigenvalue weighted by Gasteiger charge is 2.13. The molecule has 2 N–H and O–H groups in total. The SMILES string of the molecule is CCCCCCCNC(=O)N(C)c1cccc(-c2ccc(CCC(=O)O)c(OCc3ccccc3)c2)c1. The quantitative estimate of drug-likeness (QED) is 0.231. The van der Waals surface area contributed by atoms with Crippen LogP contribution in [0.15, 0.2) is 72.8 Å². The third kappa shape index (κ3) is 8.98. The van der Waals surface area contributed by atoms with Crippen molar-refractivity contribution in [3.63, 3.8) is 0 Å². The topological polar surface area (TPSA) is 78.9 Å². The minimum absolute atomic E-state index is 0.0367. The van der Waals surface area contributed by atoms with E-state index in [4.69, 9.17) is 9.84 Å². The standard InChI is InChI=1S/C31H38N2O4/c1-3-4-5-6-10-20-32-31(36)33(2)28-15-11-14-26(21-28)27-17-16-25(18-19-30(34)35)29(22-27)37-23-24-12-8-7-9-13-24/h7-9,11-17,21-22H,3-6,10,18-20,23H2,1-2H3,(H,32,36)(H,34,35). The van der Waals surface area contributed by atoms with Crippen molar-refractivity contribution in [3.8, 4) is 16.9 Å². The van der Waals surface area contributed by atoms with E-state index < -0.39 is 5.97 Å². The summed E-state index contributed by atoms with van der Waals surface area (Å²) >= 11 is 0. The molecule has 37 heavy (non-hydrogen) atoms. The first-order valence-corrected chi connectivity index (χ1v) is 13.1. The Morgan fingerprint density at radius 1 is 0.892 bits per heavy atom. The lowest BCUT2D eigenvalue weighted by atomic mass is 10.0. The molecule has 6 heteroatoms. The van der Waals surface area contributed by atoms with E-state index in [0.717, 1.165) is 40.8 Å². The molecular formula is C31H38N2O4. The smallest absolute Gasteiger partial charge is 0.321 e. The van der Waals surface area contributed by atoms with Crippen molar-refractivity contribution in [1.29, 1.82) is 0 Å². The number of benzene rings is 3. The molecule has 0 unspecified atom stereocenters. The second-order valence-electron chi connectivity index (χ2n) is 9.25. The molecular weight excluding hydrogens is 464 g/mol. The molecule has 0 aliphatic rings. The maximum absolute atomic E-state index is 12.7. The molecule has 3 aromatic carbocycles. The second kappa shape index (κ2) is 14.7. The van der Waals surface area contributed by atoms with Crippen molar-refractivity contribution in [1.82, 2.24) is 5.32 Å². The van der Waals surface area contributed by atoms with Crippen LogP contribution in [0.5, 0.6) is 5.75 Å². The van der Waals surface area contributed by atoms with E-state index in [-0.39, 0.29) is 12.5 Å². The van der Waals surface area contributed by atoms with E-state index in [1.807, 2.05) is 72.8 Å². The first kappa shape index (κ1) is 27.8. The molecule has 0 fully saturated rings. The monoisotopic (exact) mass is 502 g/mol. The molecule has 0 spiro atoms. The van der Waals surface area contributed by atoms with Crippen molar-refractivity contribution in [2.24, 2.45) is 0 Å². The minimum Gasteiger partial charge on any atom is -0.489 e. The van der Waals surface area contributed by atoms with Gasteiger partial charge in [0.05, 0.1) is 0 Å². The number of nitrogens with zero attached hydrogens (tertiary/aromatic N) is 1. The number of aryl methyl sites for hydroxylation is 1. The van der Waals surface area contributed by atoms with E-state index in [2.05, 4.69) is 12.2 Å². The number of urea groups is 1. The summed E-state index contributed by atoms with van der Waals surface area (Å²) in [5.41, 5.74) is 4.58.